The smallest absolute Gasteiger partial charge is 0.257 e. The Morgan fingerprint density at radius 2 is 2.12 bits per heavy atom. The first-order chi connectivity index (χ1) is 7.68. The second-order valence-corrected chi connectivity index (χ2v) is 4.34. The van der Waals surface area contributed by atoms with Gasteiger partial charge in [-0.25, -0.2) is 0 Å². The van der Waals surface area contributed by atoms with E-state index in [0.717, 1.165) is 32.6 Å². The lowest BCUT2D eigenvalue weighted by Crippen LogP contribution is -2.34. The number of hydrogen-bond acceptors (Lipinski definition) is 3. The summed E-state index contributed by atoms with van der Waals surface area (Å²) in [5, 5.41) is 0. The van der Waals surface area contributed by atoms with Gasteiger partial charge in [0.2, 0.25) is 0 Å². The van der Waals surface area contributed by atoms with Crippen LogP contribution in [0, 0.1) is 6.92 Å². The summed E-state index contributed by atoms with van der Waals surface area (Å²) in [5.41, 5.74) is 0.699. The standard InChI is InChI=1S/C12H18N2O2/c1-10-11(4-9-16-10)12(15)14-6-3-5-13(2)7-8-14/h4,9H,3,5-8H2,1-2H3. The molecule has 0 bridgehead atoms. The summed E-state index contributed by atoms with van der Waals surface area (Å²) in [4.78, 5) is 16.4. The van der Waals surface area contributed by atoms with Crippen LogP contribution in [-0.2, 0) is 0 Å². The number of furan rings is 1. The van der Waals surface area contributed by atoms with E-state index in [4.69, 9.17) is 4.42 Å². The van der Waals surface area contributed by atoms with Gasteiger partial charge in [-0.2, -0.15) is 0 Å². The van der Waals surface area contributed by atoms with Crippen molar-refractivity contribution >= 4 is 5.91 Å². The first-order valence-corrected chi connectivity index (χ1v) is 5.70. The Labute approximate surface area is 95.8 Å². The summed E-state index contributed by atoms with van der Waals surface area (Å²) in [6.07, 6.45) is 2.62. The van der Waals surface area contributed by atoms with Gasteiger partial charge < -0.3 is 14.2 Å². The Morgan fingerprint density at radius 3 is 2.81 bits per heavy atom. The highest BCUT2D eigenvalue weighted by Gasteiger charge is 2.21. The van der Waals surface area contributed by atoms with Crippen molar-refractivity contribution < 1.29 is 9.21 Å². The van der Waals surface area contributed by atoms with Gasteiger partial charge in [0.05, 0.1) is 11.8 Å². The Bertz CT molecular complexity index is 373. The molecule has 4 heteroatoms. The molecule has 0 radical (unpaired) electrons. The first-order valence-electron chi connectivity index (χ1n) is 5.70. The second-order valence-electron chi connectivity index (χ2n) is 4.34. The monoisotopic (exact) mass is 222 g/mol. The predicted molar refractivity (Wildman–Crippen MR) is 61.5 cm³/mol. The molecule has 1 aromatic heterocycles. The molecule has 88 valence electrons. The van der Waals surface area contributed by atoms with E-state index in [-0.39, 0.29) is 5.91 Å². The molecule has 1 saturated heterocycles. The lowest BCUT2D eigenvalue weighted by molar-refractivity contribution is 0.0761. The lowest BCUT2D eigenvalue weighted by Gasteiger charge is -2.20. The van der Waals surface area contributed by atoms with E-state index in [1.165, 1.54) is 0 Å². The maximum atomic E-state index is 12.2. The minimum atomic E-state index is 0.0987. The van der Waals surface area contributed by atoms with Crippen LogP contribution in [0.15, 0.2) is 16.7 Å². The molecule has 16 heavy (non-hydrogen) atoms. The molecule has 1 aliphatic heterocycles. The van der Waals surface area contributed by atoms with Gasteiger partial charge in [0.15, 0.2) is 0 Å². The number of likely N-dealkylation sites (N-methyl/N-ethyl adjacent to an activating group) is 1. The SMILES string of the molecule is Cc1occc1C(=O)N1CCCN(C)CC1. The summed E-state index contributed by atoms with van der Waals surface area (Å²) < 4.78 is 5.17. The number of carbonyl (C=O) groups is 1. The molecular formula is C12H18N2O2. The molecule has 0 aliphatic carbocycles. The summed E-state index contributed by atoms with van der Waals surface area (Å²) in [6.45, 7) is 5.49. The summed E-state index contributed by atoms with van der Waals surface area (Å²) in [7, 11) is 2.09. The van der Waals surface area contributed by atoms with Crippen LogP contribution in [0.1, 0.15) is 22.5 Å². The van der Waals surface area contributed by atoms with E-state index in [2.05, 4.69) is 11.9 Å². The molecule has 1 fully saturated rings. The molecule has 1 amide bonds. The lowest BCUT2D eigenvalue weighted by atomic mass is 10.2. The third-order valence-corrected chi connectivity index (χ3v) is 3.10. The van der Waals surface area contributed by atoms with E-state index in [0.29, 0.717) is 11.3 Å². The molecule has 0 unspecified atom stereocenters. The van der Waals surface area contributed by atoms with Crippen molar-refractivity contribution in [1.29, 1.82) is 0 Å². The Balaban J connectivity index is 2.07. The zero-order valence-electron chi connectivity index (χ0n) is 9.90. The summed E-state index contributed by atoms with van der Waals surface area (Å²) >= 11 is 0. The third kappa shape index (κ3) is 2.27. The predicted octanol–water partition coefficient (Wildman–Crippen LogP) is 1.37. The Kier molecular flexibility index (Phi) is 3.29. The van der Waals surface area contributed by atoms with Crippen molar-refractivity contribution in [3.63, 3.8) is 0 Å². The normalized spacial score (nSPS) is 18.5. The van der Waals surface area contributed by atoms with Gasteiger partial charge in [0.1, 0.15) is 5.76 Å². The van der Waals surface area contributed by atoms with Gasteiger partial charge in [0, 0.05) is 19.6 Å². The Morgan fingerprint density at radius 1 is 1.31 bits per heavy atom. The molecule has 2 rings (SSSR count). The van der Waals surface area contributed by atoms with Crippen LogP contribution < -0.4 is 0 Å². The topological polar surface area (TPSA) is 36.7 Å². The van der Waals surface area contributed by atoms with Crippen molar-refractivity contribution in [2.75, 3.05) is 33.2 Å². The fourth-order valence-corrected chi connectivity index (χ4v) is 2.03. The van der Waals surface area contributed by atoms with Crippen molar-refractivity contribution in [2.24, 2.45) is 0 Å². The molecule has 0 aromatic carbocycles. The fourth-order valence-electron chi connectivity index (χ4n) is 2.03. The van der Waals surface area contributed by atoms with Crippen LogP contribution in [0.5, 0.6) is 0 Å². The number of rotatable bonds is 1. The molecule has 0 atom stereocenters. The van der Waals surface area contributed by atoms with Crippen molar-refractivity contribution in [1.82, 2.24) is 9.80 Å². The van der Waals surface area contributed by atoms with Gasteiger partial charge in [-0.3, -0.25) is 4.79 Å². The minimum Gasteiger partial charge on any atom is -0.469 e. The molecule has 2 heterocycles. The van der Waals surface area contributed by atoms with Gasteiger partial charge in [-0.15, -0.1) is 0 Å². The van der Waals surface area contributed by atoms with Gasteiger partial charge in [-0.1, -0.05) is 0 Å². The Hall–Kier alpha value is -1.29. The zero-order chi connectivity index (χ0) is 11.5. The highest BCUT2D eigenvalue weighted by Crippen LogP contribution is 2.13. The maximum absolute atomic E-state index is 12.2. The van der Waals surface area contributed by atoms with E-state index in [1.54, 1.807) is 12.3 Å². The maximum Gasteiger partial charge on any atom is 0.257 e. The summed E-state index contributed by atoms with van der Waals surface area (Å²) in [6, 6.07) is 1.76. The quantitative estimate of drug-likeness (QED) is 0.720. The third-order valence-electron chi connectivity index (χ3n) is 3.10. The largest absolute Gasteiger partial charge is 0.469 e. The van der Waals surface area contributed by atoms with Crippen molar-refractivity contribution in [3.8, 4) is 0 Å². The average Bonchev–Trinajstić information content (AvgIpc) is 2.56. The van der Waals surface area contributed by atoms with Crippen LogP contribution in [0.2, 0.25) is 0 Å². The molecule has 1 aliphatic rings. The number of carbonyl (C=O) groups excluding carboxylic acids is 1. The van der Waals surface area contributed by atoms with Gasteiger partial charge in [-0.05, 0) is 33.0 Å². The van der Waals surface area contributed by atoms with E-state index < -0.39 is 0 Å². The van der Waals surface area contributed by atoms with Crippen LogP contribution in [0.25, 0.3) is 0 Å². The number of aryl methyl sites for hydroxylation is 1. The highest BCUT2D eigenvalue weighted by atomic mass is 16.3. The molecule has 0 spiro atoms. The van der Waals surface area contributed by atoms with E-state index in [1.807, 2.05) is 11.8 Å². The number of hydrogen-bond donors (Lipinski definition) is 0. The summed E-state index contributed by atoms with van der Waals surface area (Å²) in [5.74, 6) is 0.809. The van der Waals surface area contributed by atoms with Crippen LogP contribution >= 0.6 is 0 Å². The fraction of sp³-hybridized carbons (Fsp3) is 0.583. The zero-order valence-corrected chi connectivity index (χ0v) is 9.90. The van der Waals surface area contributed by atoms with E-state index in [9.17, 15) is 4.79 Å². The average molecular weight is 222 g/mol. The van der Waals surface area contributed by atoms with E-state index >= 15 is 0 Å². The van der Waals surface area contributed by atoms with Crippen molar-refractivity contribution in [2.45, 2.75) is 13.3 Å². The first kappa shape index (κ1) is 11.2. The number of nitrogens with zero attached hydrogens (tertiary/aromatic N) is 2. The van der Waals surface area contributed by atoms with Crippen LogP contribution in [0.4, 0.5) is 0 Å². The minimum absolute atomic E-state index is 0.0987. The molecule has 1 aromatic rings. The van der Waals surface area contributed by atoms with Crippen LogP contribution in [0.3, 0.4) is 0 Å². The molecule has 0 N–H and O–H groups in total. The second kappa shape index (κ2) is 4.70. The highest BCUT2D eigenvalue weighted by molar-refractivity contribution is 5.95. The van der Waals surface area contributed by atoms with Gasteiger partial charge in [0.25, 0.3) is 5.91 Å². The molecule has 4 nitrogen and oxygen atoms in total. The van der Waals surface area contributed by atoms with Crippen LogP contribution in [-0.4, -0.2) is 48.9 Å². The van der Waals surface area contributed by atoms with Gasteiger partial charge >= 0.3 is 0 Å². The number of amides is 1. The molecule has 0 saturated carbocycles. The van der Waals surface area contributed by atoms with Crippen molar-refractivity contribution in [3.05, 3.63) is 23.7 Å². The molecular weight excluding hydrogens is 204 g/mol.